The van der Waals surface area contributed by atoms with E-state index in [2.05, 4.69) is 19.5 Å². The fourth-order valence-corrected chi connectivity index (χ4v) is 4.64. The molecule has 126 valence electrons. The number of benzene rings is 1. The molecular weight excluding hydrogens is 367 g/mol. The minimum absolute atomic E-state index is 0.145. The number of aromatic amines is 1. The number of hydrogen-bond acceptors (Lipinski definition) is 2. The number of nitrogens with one attached hydrogen (secondary N) is 2. The lowest BCUT2D eigenvalue weighted by Gasteiger charge is -2.26. The minimum Gasteiger partial charge on any atom is -0.341 e. The van der Waals surface area contributed by atoms with Crippen molar-refractivity contribution in [3.63, 3.8) is 0 Å². The minimum atomic E-state index is -1.04. The fraction of sp³-hybridized carbons (Fsp3) is 0.312. The fourth-order valence-electron chi connectivity index (χ4n) is 3.56. The van der Waals surface area contributed by atoms with Gasteiger partial charge < -0.3 is 4.57 Å². The molecule has 2 unspecified atom stereocenters. The summed E-state index contributed by atoms with van der Waals surface area (Å²) < 4.78 is 16.9. The van der Waals surface area contributed by atoms with E-state index < -0.39 is 11.0 Å². The molecule has 0 aliphatic carbocycles. The van der Waals surface area contributed by atoms with E-state index in [4.69, 9.17) is 23.2 Å². The molecule has 3 aromatic rings. The van der Waals surface area contributed by atoms with Gasteiger partial charge in [0, 0.05) is 47.2 Å². The first kappa shape index (κ1) is 16.1. The molecular formula is C16H16Cl2N4OS. The second kappa shape index (κ2) is 6.19. The van der Waals surface area contributed by atoms with Crippen LogP contribution in [0.5, 0.6) is 0 Å². The van der Waals surface area contributed by atoms with Crippen molar-refractivity contribution in [2.45, 2.75) is 25.4 Å². The molecule has 1 aliphatic heterocycles. The third-order valence-corrected chi connectivity index (χ3v) is 5.93. The maximum absolute atomic E-state index is 11.5. The zero-order valence-electron chi connectivity index (χ0n) is 13.0. The highest BCUT2D eigenvalue weighted by Gasteiger charge is 2.27. The Hall–Kier alpha value is -1.34. The van der Waals surface area contributed by atoms with E-state index in [9.17, 15) is 4.21 Å². The Bertz CT molecular complexity index is 936. The van der Waals surface area contributed by atoms with E-state index in [-0.39, 0.29) is 6.04 Å². The summed E-state index contributed by atoms with van der Waals surface area (Å²) >= 11 is 12.8. The number of rotatable bonds is 3. The number of hydrogen-bond donors (Lipinski definition) is 2. The van der Waals surface area contributed by atoms with Crippen LogP contribution in [0.3, 0.4) is 0 Å². The van der Waals surface area contributed by atoms with Crippen LogP contribution >= 0.6 is 23.2 Å². The molecule has 0 radical (unpaired) electrons. The Morgan fingerprint density at radius 3 is 2.96 bits per heavy atom. The first-order valence-electron chi connectivity index (χ1n) is 7.64. The molecule has 0 amide bonds. The molecule has 2 atom stereocenters. The van der Waals surface area contributed by atoms with E-state index in [0.717, 1.165) is 34.9 Å². The van der Waals surface area contributed by atoms with Gasteiger partial charge in [0.15, 0.2) is 0 Å². The van der Waals surface area contributed by atoms with Crippen LogP contribution in [0.2, 0.25) is 10.0 Å². The van der Waals surface area contributed by atoms with Gasteiger partial charge in [-0.15, -0.1) is 0 Å². The molecule has 2 aromatic heterocycles. The molecule has 1 aliphatic rings. The zero-order valence-corrected chi connectivity index (χ0v) is 15.3. The van der Waals surface area contributed by atoms with Crippen molar-refractivity contribution in [3.05, 3.63) is 40.3 Å². The third kappa shape index (κ3) is 2.58. The van der Waals surface area contributed by atoms with Crippen LogP contribution in [0, 0.1) is 0 Å². The van der Waals surface area contributed by atoms with E-state index >= 15 is 0 Å². The Morgan fingerprint density at radius 2 is 2.25 bits per heavy atom. The van der Waals surface area contributed by atoms with Crippen molar-refractivity contribution in [2.24, 2.45) is 0 Å². The highest BCUT2D eigenvalue weighted by Crippen LogP contribution is 2.42. The van der Waals surface area contributed by atoms with Gasteiger partial charge in [0.1, 0.15) is 0 Å². The second-order valence-electron chi connectivity index (χ2n) is 5.98. The number of halogens is 2. The van der Waals surface area contributed by atoms with Gasteiger partial charge in [0.2, 0.25) is 0 Å². The van der Waals surface area contributed by atoms with Crippen LogP contribution in [0.25, 0.3) is 22.0 Å². The van der Waals surface area contributed by atoms with E-state index in [1.807, 2.05) is 24.5 Å². The summed E-state index contributed by atoms with van der Waals surface area (Å²) in [7, 11) is -1.04. The molecule has 0 spiro atoms. The van der Waals surface area contributed by atoms with Crippen molar-refractivity contribution in [2.75, 3.05) is 6.26 Å². The number of aromatic nitrogens is 3. The van der Waals surface area contributed by atoms with Gasteiger partial charge in [-0.25, -0.2) is 8.93 Å². The van der Waals surface area contributed by atoms with E-state index in [0.29, 0.717) is 16.6 Å². The van der Waals surface area contributed by atoms with Crippen molar-refractivity contribution < 1.29 is 4.21 Å². The maximum atomic E-state index is 11.5. The molecule has 4 rings (SSSR count). The lowest BCUT2D eigenvalue weighted by molar-refractivity contribution is 0.444. The molecule has 0 saturated heterocycles. The summed E-state index contributed by atoms with van der Waals surface area (Å²) in [5.74, 6) is 0. The maximum Gasteiger partial charge on any atom is 0.0886 e. The molecule has 24 heavy (non-hydrogen) atoms. The standard InChI is InChI=1S/C16H16Cl2N4OS/c1-24(23)21-10-2-5-13-14(9-6-19-20-7-9)11-3-4-12(17)15(18)16(11)22(13)8-10/h3-4,6-7,10,21H,2,5,8H2,1H3,(H,19,20). The molecule has 0 fully saturated rings. The Labute approximate surface area is 151 Å². The van der Waals surface area contributed by atoms with Crippen molar-refractivity contribution in [3.8, 4) is 11.1 Å². The van der Waals surface area contributed by atoms with Crippen LogP contribution in [0.15, 0.2) is 24.5 Å². The average molecular weight is 383 g/mol. The highest BCUT2D eigenvalue weighted by atomic mass is 35.5. The van der Waals surface area contributed by atoms with Crippen molar-refractivity contribution >= 4 is 45.1 Å². The van der Waals surface area contributed by atoms with Crippen LogP contribution in [-0.2, 0) is 24.0 Å². The predicted molar refractivity (Wildman–Crippen MR) is 98.9 cm³/mol. The average Bonchev–Trinajstić information content (AvgIpc) is 3.15. The summed E-state index contributed by atoms with van der Waals surface area (Å²) in [6.45, 7) is 0.712. The molecule has 0 bridgehead atoms. The second-order valence-corrected chi connectivity index (χ2v) is 7.91. The van der Waals surface area contributed by atoms with Crippen LogP contribution in [-0.4, -0.2) is 31.3 Å². The van der Waals surface area contributed by atoms with Crippen LogP contribution in [0.1, 0.15) is 12.1 Å². The predicted octanol–water partition coefficient (Wildman–Crippen LogP) is 3.54. The molecule has 5 nitrogen and oxygen atoms in total. The zero-order chi connectivity index (χ0) is 16.8. The third-order valence-electron chi connectivity index (χ3n) is 4.47. The van der Waals surface area contributed by atoms with Gasteiger partial charge in [-0.05, 0) is 18.9 Å². The van der Waals surface area contributed by atoms with Gasteiger partial charge in [0.25, 0.3) is 0 Å². The number of fused-ring (bicyclic) bond motifs is 3. The van der Waals surface area contributed by atoms with Gasteiger partial charge in [-0.2, -0.15) is 5.10 Å². The van der Waals surface area contributed by atoms with E-state index in [1.165, 1.54) is 5.69 Å². The SMILES string of the molecule is CS(=O)NC1CCc2c(-c3cn[nH]c3)c3ccc(Cl)c(Cl)c3n2C1. The van der Waals surface area contributed by atoms with Crippen molar-refractivity contribution in [1.29, 1.82) is 0 Å². The normalized spacial score (nSPS) is 18.7. The number of nitrogens with zero attached hydrogens (tertiary/aromatic N) is 2. The smallest absolute Gasteiger partial charge is 0.0886 e. The summed E-state index contributed by atoms with van der Waals surface area (Å²) in [4.78, 5) is 0. The highest BCUT2D eigenvalue weighted by molar-refractivity contribution is 7.82. The Morgan fingerprint density at radius 1 is 1.42 bits per heavy atom. The van der Waals surface area contributed by atoms with Gasteiger partial charge in [-0.1, -0.05) is 29.3 Å². The monoisotopic (exact) mass is 382 g/mol. The van der Waals surface area contributed by atoms with Crippen LogP contribution in [0.4, 0.5) is 0 Å². The van der Waals surface area contributed by atoms with Gasteiger partial charge in [-0.3, -0.25) is 5.10 Å². The van der Waals surface area contributed by atoms with Crippen LogP contribution < -0.4 is 4.72 Å². The summed E-state index contributed by atoms with van der Waals surface area (Å²) in [6, 6.07) is 3.99. The lowest BCUT2D eigenvalue weighted by Crippen LogP contribution is -2.37. The van der Waals surface area contributed by atoms with Crippen molar-refractivity contribution in [1.82, 2.24) is 19.5 Å². The first-order valence-corrected chi connectivity index (χ1v) is 9.95. The van der Waals surface area contributed by atoms with Gasteiger partial charge >= 0.3 is 0 Å². The van der Waals surface area contributed by atoms with E-state index in [1.54, 1.807) is 6.26 Å². The largest absolute Gasteiger partial charge is 0.341 e. The Kier molecular flexibility index (Phi) is 4.16. The summed E-state index contributed by atoms with van der Waals surface area (Å²) in [5.41, 5.74) is 4.34. The summed E-state index contributed by atoms with van der Waals surface area (Å²) in [6.07, 6.45) is 7.17. The molecule has 0 saturated carbocycles. The first-order chi connectivity index (χ1) is 11.6. The summed E-state index contributed by atoms with van der Waals surface area (Å²) in [5, 5.41) is 9.13. The molecule has 8 heteroatoms. The molecule has 1 aromatic carbocycles. The number of H-pyrrole nitrogens is 1. The molecule has 2 N–H and O–H groups in total. The van der Waals surface area contributed by atoms with Gasteiger partial charge in [0.05, 0.1) is 32.7 Å². The Balaban J connectivity index is 1.96. The molecule has 3 heterocycles. The quantitative estimate of drug-likeness (QED) is 0.727. The topological polar surface area (TPSA) is 62.7 Å². The lowest BCUT2D eigenvalue weighted by atomic mass is 9.99.